The summed E-state index contributed by atoms with van der Waals surface area (Å²) in [7, 11) is 0. The lowest BCUT2D eigenvalue weighted by Gasteiger charge is -2.09. The molecule has 0 heterocycles. The molecule has 0 aliphatic rings. The molecule has 15 heavy (non-hydrogen) atoms. The number of amides is 1. The smallest absolute Gasteiger partial charge is 0.332 e. The van der Waals surface area contributed by atoms with Crippen LogP contribution in [0.4, 0.5) is 0 Å². The van der Waals surface area contributed by atoms with E-state index in [4.69, 9.17) is 9.84 Å². The Hall–Kier alpha value is -1.10. The average molecular weight is 217 g/mol. The van der Waals surface area contributed by atoms with E-state index in [-0.39, 0.29) is 12.5 Å². The van der Waals surface area contributed by atoms with E-state index in [1.54, 1.807) is 0 Å². The molecule has 0 saturated carbocycles. The first-order valence-electron chi connectivity index (χ1n) is 5.04. The van der Waals surface area contributed by atoms with Crippen LogP contribution in [-0.4, -0.2) is 36.2 Å². The Balaban J connectivity index is 3.46. The lowest BCUT2D eigenvalue weighted by molar-refractivity contribution is -0.148. The molecule has 0 fully saturated rings. The normalized spacial score (nSPS) is 12.5. The molecule has 5 heteroatoms. The fraction of sp³-hybridized carbons (Fsp3) is 0.800. The number of carbonyl (C=O) groups is 2. The summed E-state index contributed by atoms with van der Waals surface area (Å²) < 4.78 is 4.94. The average Bonchev–Trinajstić information content (AvgIpc) is 2.10. The predicted molar refractivity (Wildman–Crippen MR) is 55.5 cm³/mol. The second-order valence-corrected chi connectivity index (χ2v) is 3.80. The summed E-state index contributed by atoms with van der Waals surface area (Å²) in [6.45, 7) is 5.95. The van der Waals surface area contributed by atoms with Crippen LogP contribution < -0.4 is 5.32 Å². The van der Waals surface area contributed by atoms with E-state index in [0.717, 1.165) is 0 Å². The number of carboxylic acid groups (broad SMARTS) is 1. The Bertz CT molecular complexity index is 215. The van der Waals surface area contributed by atoms with Crippen LogP contribution in [0.2, 0.25) is 0 Å². The molecule has 0 aromatic rings. The minimum atomic E-state index is -0.997. The number of carbonyl (C=O) groups excluding carboxylic acids is 1. The van der Waals surface area contributed by atoms with Crippen LogP contribution in [0, 0.1) is 5.92 Å². The maximum Gasteiger partial charge on any atom is 0.332 e. The third kappa shape index (κ3) is 7.93. The molecule has 0 aromatic heterocycles. The van der Waals surface area contributed by atoms with Gasteiger partial charge in [0, 0.05) is 13.0 Å². The molecular weight excluding hydrogens is 198 g/mol. The Morgan fingerprint density at radius 2 is 1.93 bits per heavy atom. The molecular formula is C10H19NO4. The summed E-state index contributed by atoms with van der Waals surface area (Å²) in [6.07, 6.45) is -0.346. The first-order valence-corrected chi connectivity index (χ1v) is 5.04. The number of carboxylic acids is 1. The van der Waals surface area contributed by atoms with Crippen molar-refractivity contribution >= 4 is 11.9 Å². The topological polar surface area (TPSA) is 75.6 Å². The van der Waals surface area contributed by atoms with Gasteiger partial charge in [-0.05, 0) is 12.8 Å². The fourth-order valence-corrected chi connectivity index (χ4v) is 0.940. The van der Waals surface area contributed by atoms with Gasteiger partial charge in [-0.25, -0.2) is 4.79 Å². The Kier molecular flexibility index (Phi) is 6.70. The number of hydrogen-bond acceptors (Lipinski definition) is 3. The summed E-state index contributed by atoms with van der Waals surface area (Å²) in [6, 6.07) is 0. The summed E-state index contributed by atoms with van der Waals surface area (Å²) in [5.74, 6) is -0.705. The number of nitrogens with one attached hydrogen (secondary N) is 1. The molecule has 0 spiro atoms. The Morgan fingerprint density at radius 1 is 1.33 bits per heavy atom. The molecule has 1 unspecified atom stereocenters. The van der Waals surface area contributed by atoms with Crippen LogP contribution in [-0.2, 0) is 14.3 Å². The second kappa shape index (κ2) is 7.23. The van der Waals surface area contributed by atoms with Crippen LogP contribution >= 0.6 is 0 Å². The van der Waals surface area contributed by atoms with E-state index in [9.17, 15) is 9.59 Å². The van der Waals surface area contributed by atoms with Gasteiger partial charge in [0.05, 0.1) is 6.61 Å². The van der Waals surface area contributed by atoms with Crippen LogP contribution in [0.3, 0.4) is 0 Å². The summed E-state index contributed by atoms with van der Waals surface area (Å²) >= 11 is 0. The molecule has 88 valence electrons. The molecule has 0 rings (SSSR count). The molecule has 1 atom stereocenters. The molecule has 5 nitrogen and oxygen atoms in total. The minimum Gasteiger partial charge on any atom is -0.479 e. The standard InChI is InChI=1S/C10H19NO4/c1-7(2)6-9(12)11-4-5-15-8(3)10(13)14/h7-8H,4-6H2,1-3H3,(H,11,12)(H,13,14). The van der Waals surface area contributed by atoms with Crippen molar-refractivity contribution < 1.29 is 19.4 Å². The third-order valence-electron chi connectivity index (χ3n) is 1.73. The van der Waals surface area contributed by atoms with Gasteiger partial charge in [0.2, 0.25) is 5.91 Å². The monoisotopic (exact) mass is 217 g/mol. The van der Waals surface area contributed by atoms with E-state index in [1.165, 1.54) is 6.92 Å². The van der Waals surface area contributed by atoms with Crippen molar-refractivity contribution in [2.75, 3.05) is 13.2 Å². The van der Waals surface area contributed by atoms with Gasteiger partial charge in [0.15, 0.2) is 6.10 Å². The van der Waals surface area contributed by atoms with Crippen LogP contribution in [0.25, 0.3) is 0 Å². The molecule has 1 amide bonds. The van der Waals surface area contributed by atoms with E-state index in [2.05, 4.69) is 5.32 Å². The molecule has 0 bridgehead atoms. The van der Waals surface area contributed by atoms with Crippen molar-refractivity contribution in [3.05, 3.63) is 0 Å². The van der Waals surface area contributed by atoms with E-state index < -0.39 is 12.1 Å². The maximum absolute atomic E-state index is 11.1. The number of ether oxygens (including phenoxy) is 1. The van der Waals surface area contributed by atoms with Crippen molar-refractivity contribution in [2.45, 2.75) is 33.3 Å². The van der Waals surface area contributed by atoms with Crippen molar-refractivity contribution in [3.63, 3.8) is 0 Å². The van der Waals surface area contributed by atoms with E-state index in [1.807, 2.05) is 13.8 Å². The first-order chi connectivity index (χ1) is 6.93. The van der Waals surface area contributed by atoms with Crippen LogP contribution in [0.5, 0.6) is 0 Å². The largest absolute Gasteiger partial charge is 0.479 e. The zero-order chi connectivity index (χ0) is 11.8. The molecule has 0 radical (unpaired) electrons. The molecule has 0 aromatic carbocycles. The van der Waals surface area contributed by atoms with Crippen molar-refractivity contribution in [1.29, 1.82) is 0 Å². The number of rotatable bonds is 7. The minimum absolute atomic E-state index is 0.0309. The van der Waals surface area contributed by atoms with E-state index >= 15 is 0 Å². The van der Waals surface area contributed by atoms with Gasteiger partial charge in [-0.3, -0.25) is 4.79 Å². The predicted octanol–water partition coefficient (Wildman–Crippen LogP) is 0.638. The van der Waals surface area contributed by atoms with Crippen LogP contribution in [0.1, 0.15) is 27.2 Å². The summed E-state index contributed by atoms with van der Waals surface area (Å²) in [4.78, 5) is 21.5. The van der Waals surface area contributed by atoms with Crippen LogP contribution in [0.15, 0.2) is 0 Å². The highest BCUT2D eigenvalue weighted by Crippen LogP contribution is 1.97. The van der Waals surface area contributed by atoms with Gasteiger partial charge < -0.3 is 15.2 Å². The van der Waals surface area contributed by atoms with Crippen molar-refractivity contribution in [3.8, 4) is 0 Å². The van der Waals surface area contributed by atoms with Crippen molar-refractivity contribution in [2.24, 2.45) is 5.92 Å². The summed E-state index contributed by atoms with van der Waals surface area (Å²) in [5, 5.41) is 11.1. The molecule has 0 aliphatic heterocycles. The van der Waals surface area contributed by atoms with Gasteiger partial charge in [0.25, 0.3) is 0 Å². The third-order valence-corrected chi connectivity index (χ3v) is 1.73. The van der Waals surface area contributed by atoms with Gasteiger partial charge in [-0.1, -0.05) is 13.8 Å². The zero-order valence-corrected chi connectivity index (χ0v) is 9.45. The summed E-state index contributed by atoms with van der Waals surface area (Å²) in [5.41, 5.74) is 0. The maximum atomic E-state index is 11.1. The zero-order valence-electron chi connectivity index (χ0n) is 9.45. The lowest BCUT2D eigenvalue weighted by Crippen LogP contribution is -2.30. The number of aliphatic carboxylic acids is 1. The quantitative estimate of drug-likeness (QED) is 0.613. The van der Waals surface area contributed by atoms with Crippen molar-refractivity contribution in [1.82, 2.24) is 5.32 Å². The van der Waals surface area contributed by atoms with Gasteiger partial charge in [-0.15, -0.1) is 0 Å². The van der Waals surface area contributed by atoms with Gasteiger partial charge in [0.1, 0.15) is 0 Å². The second-order valence-electron chi connectivity index (χ2n) is 3.80. The number of hydrogen-bond donors (Lipinski definition) is 2. The lowest BCUT2D eigenvalue weighted by atomic mass is 10.1. The first kappa shape index (κ1) is 13.9. The van der Waals surface area contributed by atoms with Gasteiger partial charge in [-0.2, -0.15) is 0 Å². The molecule has 0 aliphatic carbocycles. The molecule has 2 N–H and O–H groups in total. The Morgan fingerprint density at radius 3 is 2.40 bits per heavy atom. The van der Waals surface area contributed by atoms with E-state index in [0.29, 0.717) is 18.9 Å². The Labute approximate surface area is 89.8 Å². The highest BCUT2D eigenvalue weighted by atomic mass is 16.5. The fourth-order valence-electron chi connectivity index (χ4n) is 0.940. The highest BCUT2D eigenvalue weighted by Gasteiger charge is 2.10. The molecule has 0 saturated heterocycles. The SMILES string of the molecule is CC(C)CC(=O)NCCOC(C)C(=O)O. The van der Waals surface area contributed by atoms with Gasteiger partial charge >= 0.3 is 5.97 Å². The highest BCUT2D eigenvalue weighted by molar-refractivity contribution is 5.76.